The fourth-order valence-electron chi connectivity index (χ4n) is 3.96. The summed E-state index contributed by atoms with van der Waals surface area (Å²) in [5.74, 6) is -1.04. The summed E-state index contributed by atoms with van der Waals surface area (Å²) in [6.07, 6.45) is 1.71. The van der Waals surface area contributed by atoms with Gasteiger partial charge in [-0.05, 0) is 55.2 Å². The van der Waals surface area contributed by atoms with Gasteiger partial charge in [0.15, 0.2) is 0 Å². The van der Waals surface area contributed by atoms with Crippen LogP contribution in [0.15, 0.2) is 41.3 Å². The molecule has 0 spiro atoms. The number of hydrogen-bond donors (Lipinski definition) is 1. The van der Waals surface area contributed by atoms with Gasteiger partial charge in [0, 0.05) is 19.4 Å². The Balaban J connectivity index is 1.82. The molecule has 0 aromatic heterocycles. The molecule has 30 heavy (non-hydrogen) atoms. The molecule has 1 aliphatic carbocycles. The van der Waals surface area contributed by atoms with Gasteiger partial charge in [0.1, 0.15) is 10.7 Å². The topological polar surface area (TPSA) is 101 Å². The zero-order valence-electron chi connectivity index (χ0n) is 16.6. The molecule has 1 fully saturated rings. The number of anilines is 2. The first-order chi connectivity index (χ1) is 14.1. The monoisotopic (exact) mass is 431 g/mol. The lowest BCUT2D eigenvalue weighted by molar-refractivity contribution is -0.120. The maximum Gasteiger partial charge on any atom is 0.240 e. The Morgan fingerprint density at radius 1 is 1.07 bits per heavy atom. The normalized spacial score (nSPS) is 18.9. The Kier molecular flexibility index (Phi) is 4.90. The first-order valence-corrected chi connectivity index (χ1v) is 11.2. The lowest BCUT2D eigenvalue weighted by Crippen LogP contribution is -2.51. The van der Waals surface area contributed by atoms with Gasteiger partial charge in [-0.25, -0.2) is 17.9 Å². The van der Waals surface area contributed by atoms with Gasteiger partial charge in [0.25, 0.3) is 0 Å². The van der Waals surface area contributed by atoms with Gasteiger partial charge in [-0.15, -0.1) is 0 Å². The van der Waals surface area contributed by atoms with Crippen LogP contribution in [0, 0.1) is 11.7 Å². The third-order valence-corrected chi connectivity index (χ3v) is 6.46. The smallest absolute Gasteiger partial charge is 0.240 e. The van der Waals surface area contributed by atoms with E-state index in [-0.39, 0.29) is 23.8 Å². The number of primary sulfonamides is 1. The minimum absolute atomic E-state index is 0.00377. The van der Waals surface area contributed by atoms with Gasteiger partial charge in [0.05, 0.1) is 17.4 Å². The van der Waals surface area contributed by atoms with E-state index in [2.05, 4.69) is 0 Å². The van der Waals surface area contributed by atoms with E-state index in [1.807, 2.05) is 6.92 Å². The van der Waals surface area contributed by atoms with E-state index < -0.39 is 20.7 Å². The minimum Gasteiger partial charge on any atom is -0.308 e. The molecular weight excluding hydrogens is 409 g/mol. The van der Waals surface area contributed by atoms with Gasteiger partial charge < -0.3 is 9.80 Å². The third-order valence-electron chi connectivity index (χ3n) is 5.52. The highest BCUT2D eigenvalue weighted by Crippen LogP contribution is 2.42. The Bertz CT molecular complexity index is 1160. The molecule has 1 heterocycles. The van der Waals surface area contributed by atoms with Crippen LogP contribution in [0.2, 0.25) is 0 Å². The summed E-state index contributed by atoms with van der Waals surface area (Å²) >= 11 is 0. The fourth-order valence-corrected chi connectivity index (χ4v) is 4.54. The molecule has 2 N–H and O–H groups in total. The van der Waals surface area contributed by atoms with Crippen molar-refractivity contribution in [2.75, 3.05) is 16.3 Å². The number of halogens is 1. The molecule has 4 rings (SSSR count). The average molecular weight is 431 g/mol. The molecular formula is C21H22FN3O4S. The van der Waals surface area contributed by atoms with Crippen LogP contribution in [-0.4, -0.2) is 32.8 Å². The minimum atomic E-state index is -4.16. The molecule has 2 aromatic rings. The summed E-state index contributed by atoms with van der Waals surface area (Å²) < 4.78 is 37.3. The summed E-state index contributed by atoms with van der Waals surface area (Å²) in [5, 5.41) is 5.03. The Morgan fingerprint density at radius 3 is 2.27 bits per heavy atom. The molecule has 2 aliphatic rings. The average Bonchev–Trinajstić information content (AvgIpc) is 3.50. The van der Waals surface area contributed by atoms with Crippen LogP contribution in [0.4, 0.5) is 15.8 Å². The molecule has 0 radical (unpaired) electrons. The van der Waals surface area contributed by atoms with Crippen LogP contribution in [0.3, 0.4) is 0 Å². The number of nitrogens with zero attached hydrogens (tertiary/aromatic N) is 2. The van der Waals surface area contributed by atoms with Crippen molar-refractivity contribution in [1.29, 1.82) is 0 Å². The standard InChI is InChI=1S/C21H22FN3O4S/c1-12-11-24(21(27)14-3-4-14)19-10-16(5-7-18(19)25(12)13(2)26)15-6-8-20(17(22)9-15)30(23,28)29/h5-10,12,14H,3-4,11H2,1-2H3,(H2,23,28,29). The number of benzene rings is 2. The van der Waals surface area contributed by atoms with Gasteiger partial charge in [-0.3, -0.25) is 9.59 Å². The molecule has 2 amide bonds. The van der Waals surface area contributed by atoms with E-state index >= 15 is 0 Å². The summed E-state index contributed by atoms with van der Waals surface area (Å²) in [6.45, 7) is 3.75. The molecule has 0 bridgehead atoms. The molecule has 2 aromatic carbocycles. The SMILES string of the molecule is CC(=O)N1c2ccc(-c3ccc(S(N)(=O)=O)c(F)c3)cc2N(C(=O)C2CC2)CC1C. The number of fused-ring (bicyclic) bond motifs is 1. The fraction of sp³-hybridized carbons (Fsp3) is 0.333. The number of nitrogens with two attached hydrogens (primary N) is 1. The first-order valence-electron chi connectivity index (χ1n) is 9.66. The van der Waals surface area contributed by atoms with Crippen LogP contribution < -0.4 is 14.9 Å². The van der Waals surface area contributed by atoms with Crippen molar-refractivity contribution < 1.29 is 22.4 Å². The molecule has 1 aliphatic heterocycles. The molecule has 0 saturated heterocycles. The Morgan fingerprint density at radius 2 is 1.70 bits per heavy atom. The van der Waals surface area contributed by atoms with Gasteiger partial charge in [0.2, 0.25) is 21.8 Å². The summed E-state index contributed by atoms with van der Waals surface area (Å²) in [6, 6.07) is 8.71. The summed E-state index contributed by atoms with van der Waals surface area (Å²) in [4.78, 5) is 27.9. The lowest BCUT2D eigenvalue weighted by Gasteiger charge is -2.41. The Hall–Kier alpha value is -2.78. The molecule has 158 valence electrons. The van der Waals surface area contributed by atoms with Crippen molar-refractivity contribution in [3.8, 4) is 11.1 Å². The number of carbonyl (C=O) groups is 2. The maximum absolute atomic E-state index is 14.3. The molecule has 1 atom stereocenters. The zero-order chi connectivity index (χ0) is 21.8. The number of carbonyl (C=O) groups excluding carboxylic acids is 2. The van der Waals surface area contributed by atoms with E-state index in [0.29, 0.717) is 29.0 Å². The predicted octanol–water partition coefficient (Wildman–Crippen LogP) is 2.64. The summed E-state index contributed by atoms with van der Waals surface area (Å²) in [5.41, 5.74) is 2.25. The molecule has 9 heteroatoms. The van der Waals surface area contributed by atoms with Crippen LogP contribution in [0.25, 0.3) is 11.1 Å². The lowest BCUT2D eigenvalue weighted by atomic mass is 10.00. The Labute approximate surface area is 174 Å². The highest BCUT2D eigenvalue weighted by atomic mass is 32.2. The largest absolute Gasteiger partial charge is 0.308 e. The van der Waals surface area contributed by atoms with Crippen molar-refractivity contribution in [3.05, 3.63) is 42.2 Å². The second-order valence-electron chi connectivity index (χ2n) is 7.85. The van der Waals surface area contributed by atoms with Gasteiger partial charge in [-0.2, -0.15) is 0 Å². The van der Waals surface area contributed by atoms with Crippen LogP contribution >= 0.6 is 0 Å². The van der Waals surface area contributed by atoms with Crippen molar-refractivity contribution >= 4 is 33.2 Å². The molecule has 1 saturated carbocycles. The third kappa shape index (κ3) is 3.59. The second-order valence-corrected chi connectivity index (χ2v) is 9.38. The summed E-state index contributed by atoms with van der Waals surface area (Å²) in [7, 11) is -4.16. The van der Waals surface area contributed by atoms with E-state index in [9.17, 15) is 22.4 Å². The highest BCUT2D eigenvalue weighted by Gasteiger charge is 2.39. The number of hydrogen-bond acceptors (Lipinski definition) is 4. The van der Waals surface area contributed by atoms with Crippen molar-refractivity contribution in [3.63, 3.8) is 0 Å². The van der Waals surface area contributed by atoms with E-state index in [0.717, 1.165) is 25.0 Å². The van der Waals surface area contributed by atoms with Crippen LogP contribution in [0.1, 0.15) is 26.7 Å². The predicted molar refractivity (Wildman–Crippen MR) is 111 cm³/mol. The first kappa shape index (κ1) is 20.5. The molecule has 7 nitrogen and oxygen atoms in total. The van der Waals surface area contributed by atoms with E-state index in [1.54, 1.807) is 28.0 Å². The van der Waals surface area contributed by atoms with Crippen molar-refractivity contribution in [1.82, 2.24) is 0 Å². The van der Waals surface area contributed by atoms with Crippen molar-refractivity contribution in [2.24, 2.45) is 11.1 Å². The van der Waals surface area contributed by atoms with Crippen LogP contribution in [0.5, 0.6) is 0 Å². The van der Waals surface area contributed by atoms with Gasteiger partial charge in [-0.1, -0.05) is 12.1 Å². The molecule has 1 unspecified atom stereocenters. The van der Waals surface area contributed by atoms with Crippen molar-refractivity contribution in [2.45, 2.75) is 37.6 Å². The van der Waals surface area contributed by atoms with Crippen LogP contribution in [-0.2, 0) is 19.6 Å². The quantitative estimate of drug-likeness (QED) is 0.807. The maximum atomic E-state index is 14.3. The van der Waals surface area contributed by atoms with E-state index in [1.165, 1.54) is 13.0 Å². The number of rotatable bonds is 3. The zero-order valence-corrected chi connectivity index (χ0v) is 17.4. The highest BCUT2D eigenvalue weighted by molar-refractivity contribution is 7.89. The second kappa shape index (κ2) is 7.17. The van der Waals surface area contributed by atoms with Gasteiger partial charge >= 0.3 is 0 Å². The van der Waals surface area contributed by atoms with E-state index in [4.69, 9.17) is 5.14 Å². The number of amides is 2. The number of sulfonamides is 1.